The van der Waals surface area contributed by atoms with Crippen LogP contribution in [0.5, 0.6) is 11.5 Å². The van der Waals surface area contributed by atoms with Gasteiger partial charge in [0.05, 0.1) is 20.6 Å². The molecule has 0 aliphatic carbocycles. The predicted octanol–water partition coefficient (Wildman–Crippen LogP) is 3.72. The molecule has 0 unspecified atom stereocenters. The number of hydrogen-bond acceptors (Lipinski definition) is 3. The Kier molecular flexibility index (Phi) is 5.19. The minimum atomic E-state index is -0.00000492. The summed E-state index contributed by atoms with van der Waals surface area (Å²) in [6, 6.07) is 19.7. The van der Waals surface area contributed by atoms with Gasteiger partial charge >= 0.3 is 0 Å². The molecular formula is C21H21NO3. The van der Waals surface area contributed by atoms with E-state index in [1.165, 1.54) is 0 Å². The Morgan fingerprint density at radius 1 is 0.800 bits per heavy atom. The van der Waals surface area contributed by atoms with Crippen LogP contribution in [0.15, 0.2) is 60.7 Å². The summed E-state index contributed by atoms with van der Waals surface area (Å²) in [6.07, 6.45) is 0.356. The molecule has 0 aliphatic rings. The number of carbonyl (C=O) groups excluding carboxylic acids is 1. The molecule has 0 aromatic heterocycles. The molecule has 0 heterocycles. The molecule has 0 bridgehead atoms. The Bertz CT molecular complexity index is 872. The lowest BCUT2D eigenvalue weighted by molar-refractivity contribution is -0.120. The third kappa shape index (κ3) is 4.29. The molecule has 128 valence electrons. The van der Waals surface area contributed by atoms with Crippen LogP contribution < -0.4 is 14.8 Å². The van der Waals surface area contributed by atoms with Crippen LogP contribution in [-0.2, 0) is 17.8 Å². The van der Waals surface area contributed by atoms with Crippen molar-refractivity contribution in [2.24, 2.45) is 0 Å². The van der Waals surface area contributed by atoms with Crippen molar-refractivity contribution in [3.63, 3.8) is 0 Å². The van der Waals surface area contributed by atoms with E-state index in [0.717, 1.165) is 33.4 Å². The van der Waals surface area contributed by atoms with E-state index < -0.39 is 0 Å². The van der Waals surface area contributed by atoms with Crippen molar-refractivity contribution in [2.45, 2.75) is 13.0 Å². The van der Waals surface area contributed by atoms with Crippen LogP contribution in [0.2, 0.25) is 0 Å². The minimum Gasteiger partial charge on any atom is -0.497 e. The lowest BCUT2D eigenvalue weighted by Gasteiger charge is -2.08. The zero-order valence-corrected chi connectivity index (χ0v) is 14.4. The van der Waals surface area contributed by atoms with Crippen LogP contribution in [0.1, 0.15) is 11.1 Å². The van der Waals surface area contributed by atoms with Crippen molar-refractivity contribution < 1.29 is 14.3 Å². The molecule has 25 heavy (non-hydrogen) atoms. The molecule has 1 amide bonds. The number of carbonyl (C=O) groups is 1. The van der Waals surface area contributed by atoms with Crippen LogP contribution >= 0.6 is 0 Å². The number of nitrogens with one attached hydrogen (secondary N) is 1. The van der Waals surface area contributed by atoms with Gasteiger partial charge in [0.2, 0.25) is 5.91 Å². The van der Waals surface area contributed by atoms with Gasteiger partial charge in [0.25, 0.3) is 0 Å². The van der Waals surface area contributed by atoms with E-state index in [1.807, 2.05) is 54.6 Å². The van der Waals surface area contributed by atoms with Gasteiger partial charge in [-0.15, -0.1) is 0 Å². The summed E-state index contributed by atoms with van der Waals surface area (Å²) in [4.78, 5) is 12.1. The number of methoxy groups -OCH3 is 2. The number of fused-ring (bicyclic) bond motifs is 1. The quantitative estimate of drug-likeness (QED) is 0.747. The van der Waals surface area contributed by atoms with Gasteiger partial charge in [0, 0.05) is 6.54 Å². The Morgan fingerprint density at radius 3 is 2.12 bits per heavy atom. The number of amides is 1. The van der Waals surface area contributed by atoms with Gasteiger partial charge in [-0.2, -0.15) is 0 Å². The van der Waals surface area contributed by atoms with E-state index in [4.69, 9.17) is 9.47 Å². The van der Waals surface area contributed by atoms with Gasteiger partial charge in [-0.05, 0) is 52.2 Å². The highest BCUT2D eigenvalue weighted by Gasteiger charge is 2.05. The van der Waals surface area contributed by atoms with Crippen LogP contribution in [-0.4, -0.2) is 20.1 Å². The van der Waals surface area contributed by atoms with Crippen LogP contribution in [0.25, 0.3) is 10.8 Å². The molecule has 0 spiro atoms. The Balaban J connectivity index is 1.60. The molecule has 0 fully saturated rings. The van der Waals surface area contributed by atoms with Gasteiger partial charge in [0.1, 0.15) is 11.5 Å². The zero-order valence-electron chi connectivity index (χ0n) is 14.4. The summed E-state index contributed by atoms with van der Waals surface area (Å²) in [5.74, 6) is 1.63. The Morgan fingerprint density at radius 2 is 1.40 bits per heavy atom. The third-order valence-corrected chi connectivity index (χ3v) is 4.13. The van der Waals surface area contributed by atoms with Crippen molar-refractivity contribution >= 4 is 16.7 Å². The second-order valence-electron chi connectivity index (χ2n) is 5.85. The fourth-order valence-corrected chi connectivity index (χ4v) is 2.70. The lowest BCUT2D eigenvalue weighted by atomic mass is 10.1. The average Bonchev–Trinajstić information content (AvgIpc) is 2.66. The standard InChI is InChI=1S/C21H21NO3/c1-24-19-8-4-15(5-9-19)12-21(23)22-14-16-3-6-18-13-20(25-2)10-7-17(18)11-16/h3-11,13H,12,14H2,1-2H3,(H,22,23). The van der Waals surface area contributed by atoms with Gasteiger partial charge in [-0.1, -0.05) is 30.3 Å². The van der Waals surface area contributed by atoms with Gasteiger partial charge in [-0.3, -0.25) is 4.79 Å². The van der Waals surface area contributed by atoms with Gasteiger partial charge in [0.15, 0.2) is 0 Å². The van der Waals surface area contributed by atoms with Crippen LogP contribution in [0.3, 0.4) is 0 Å². The number of ether oxygens (including phenoxy) is 2. The number of benzene rings is 3. The highest BCUT2D eigenvalue weighted by molar-refractivity contribution is 5.84. The molecule has 3 rings (SSSR count). The highest BCUT2D eigenvalue weighted by atomic mass is 16.5. The smallest absolute Gasteiger partial charge is 0.224 e. The van der Waals surface area contributed by atoms with E-state index in [0.29, 0.717) is 13.0 Å². The molecule has 4 nitrogen and oxygen atoms in total. The van der Waals surface area contributed by atoms with Crippen molar-refractivity contribution in [3.05, 3.63) is 71.8 Å². The highest BCUT2D eigenvalue weighted by Crippen LogP contribution is 2.21. The van der Waals surface area contributed by atoms with E-state index in [2.05, 4.69) is 11.4 Å². The zero-order chi connectivity index (χ0) is 17.6. The first-order chi connectivity index (χ1) is 12.2. The van der Waals surface area contributed by atoms with Crippen LogP contribution in [0.4, 0.5) is 0 Å². The summed E-state index contributed by atoms with van der Waals surface area (Å²) in [7, 11) is 3.29. The molecule has 0 radical (unpaired) electrons. The Hall–Kier alpha value is -3.01. The first-order valence-electron chi connectivity index (χ1n) is 8.14. The average molecular weight is 335 g/mol. The largest absolute Gasteiger partial charge is 0.497 e. The summed E-state index contributed by atoms with van der Waals surface area (Å²) in [5, 5.41) is 5.21. The molecule has 0 saturated heterocycles. The second kappa shape index (κ2) is 7.71. The SMILES string of the molecule is COc1ccc(CC(=O)NCc2ccc3cc(OC)ccc3c2)cc1. The first-order valence-corrected chi connectivity index (χ1v) is 8.14. The molecule has 0 atom stereocenters. The monoisotopic (exact) mass is 335 g/mol. The molecule has 1 N–H and O–H groups in total. The molecule has 0 aliphatic heterocycles. The fourth-order valence-electron chi connectivity index (χ4n) is 2.70. The van der Waals surface area contributed by atoms with E-state index in [9.17, 15) is 4.79 Å². The van der Waals surface area contributed by atoms with Gasteiger partial charge < -0.3 is 14.8 Å². The summed E-state index contributed by atoms with van der Waals surface area (Å²) in [6.45, 7) is 0.511. The van der Waals surface area contributed by atoms with E-state index >= 15 is 0 Å². The van der Waals surface area contributed by atoms with Crippen molar-refractivity contribution in [1.82, 2.24) is 5.32 Å². The number of rotatable bonds is 6. The van der Waals surface area contributed by atoms with Gasteiger partial charge in [-0.25, -0.2) is 0 Å². The molecule has 3 aromatic carbocycles. The molecule has 0 saturated carbocycles. The molecule has 3 aromatic rings. The fraction of sp³-hybridized carbons (Fsp3) is 0.190. The van der Waals surface area contributed by atoms with Crippen molar-refractivity contribution in [1.29, 1.82) is 0 Å². The summed E-state index contributed by atoms with van der Waals surface area (Å²) in [5.41, 5.74) is 2.03. The summed E-state index contributed by atoms with van der Waals surface area (Å²) >= 11 is 0. The second-order valence-corrected chi connectivity index (χ2v) is 5.85. The Labute approximate surface area is 147 Å². The van der Waals surface area contributed by atoms with Crippen molar-refractivity contribution in [2.75, 3.05) is 14.2 Å². The maximum atomic E-state index is 12.1. The molecule has 4 heteroatoms. The topological polar surface area (TPSA) is 47.6 Å². The summed E-state index contributed by atoms with van der Waals surface area (Å²) < 4.78 is 10.4. The molecular weight excluding hydrogens is 314 g/mol. The lowest BCUT2D eigenvalue weighted by Crippen LogP contribution is -2.24. The maximum absolute atomic E-state index is 12.1. The first kappa shape index (κ1) is 16.8. The normalized spacial score (nSPS) is 10.5. The number of hydrogen-bond donors (Lipinski definition) is 1. The predicted molar refractivity (Wildman–Crippen MR) is 99.0 cm³/mol. The van der Waals surface area contributed by atoms with Crippen LogP contribution in [0, 0.1) is 0 Å². The minimum absolute atomic E-state index is 0.00000492. The van der Waals surface area contributed by atoms with E-state index in [-0.39, 0.29) is 5.91 Å². The van der Waals surface area contributed by atoms with Crippen molar-refractivity contribution in [3.8, 4) is 11.5 Å². The van der Waals surface area contributed by atoms with E-state index in [1.54, 1.807) is 14.2 Å². The third-order valence-electron chi connectivity index (χ3n) is 4.13. The maximum Gasteiger partial charge on any atom is 0.224 e.